The van der Waals surface area contributed by atoms with Crippen molar-refractivity contribution in [2.75, 3.05) is 24.2 Å². The van der Waals surface area contributed by atoms with Crippen LogP contribution in [0.4, 0.5) is 5.82 Å². The fraction of sp³-hybridized carbons (Fsp3) is 0.625. The minimum absolute atomic E-state index is 0.0718. The number of aryl methyl sites for hydroxylation is 1. The maximum atomic E-state index is 12.3. The molecule has 1 fully saturated rings. The predicted molar refractivity (Wildman–Crippen MR) is 90.6 cm³/mol. The van der Waals surface area contributed by atoms with Crippen LogP contribution >= 0.6 is 0 Å². The normalized spacial score (nSPS) is 17.1. The Morgan fingerprint density at radius 3 is 2.70 bits per heavy atom. The summed E-state index contributed by atoms with van der Waals surface area (Å²) in [7, 11) is -3.17. The molecule has 0 radical (unpaired) electrons. The molecule has 0 aliphatic carbocycles. The summed E-state index contributed by atoms with van der Waals surface area (Å²) in [5.41, 5.74) is 0.917. The fourth-order valence-electron chi connectivity index (χ4n) is 2.69. The molecular weight excluding hydrogens is 314 g/mol. The van der Waals surface area contributed by atoms with Crippen LogP contribution in [0.2, 0.25) is 0 Å². The van der Waals surface area contributed by atoms with Gasteiger partial charge in [-0.15, -0.1) is 0 Å². The lowest BCUT2D eigenvalue weighted by atomic mass is 9.97. The van der Waals surface area contributed by atoms with Crippen LogP contribution in [-0.4, -0.2) is 42.5 Å². The Labute approximate surface area is 138 Å². The first kappa shape index (κ1) is 17.9. The van der Waals surface area contributed by atoms with Crippen molar-refractivity contribution in [3.05, 3.63) is 23.9 Å². The highest BCUT2D eigenvalue weighted by Gasteiger charge is 2.30. The number of aromatic nitrogens is 1. The molecule has 6 nitrogen and oxygen atoms in total. The third kappa shape index (κ3) is 4.75. The fourth-order valence-corrected chi connectivity index (χ4v) is 4.37. The SMILES string of the molecule is CCCCS(=O)(=O)N1CCC(C(=O)Nc2ncccc2C)CC1. The Hall–Kier alpha value is -1.47. The van der Waals surface area contributed by atoms with Crippen molar-refractivity contribution in [2.24, 2.45) is 5.92 Å². The summed E-state index contributed by atoms with van der Waals surface area (Å²) in [5, 5.41) is 2.85. The van der Waals surface area contributed by atoms with Crippen molar-refractivity contribution in [1.29, 1.82) is 0 Å². The molecule has 23 heavy (non-hydrogen) atoms. The molecule has 0 unspecified atom stereocenters. The molecule has 1 saturated heterocycles. The van der Waals surface area contributed by atoms with E-state index in [4.69, 9.17) is 0 Å². The lowest BCUT2D eigenvalue weighted by Crippen LogP contribution is -2.42. The average Bonchev–Trinajstić information content (AvgIpc) is 2.55. The van der Waals surface area contributed by atoms with Gasteiger partial charge in [-0.05, 0) is 37.8 Å². The van der Waals surface area contributed by atoms with E-state index in [0.717, 1.165) is 12.0 Å². The molecule has 7 heteroatoms. The summed E-state index contributed by atoms with van der Waals surface area (Å²) in [6, 6.07) is 3.72. The summed E-state index contributed by atoms with van der Waals surface area (Å²) < 4.78 is 25.9. The molecule has 1 aliphatic rings. The first-order chi connectivity index (χ1) is 10.9. The second kappa shape index (κ2) is 7.88. The predicted octanol–water partition coefficient (Wildman–Crippen LogP) is 2.17. The second-order valence-electron chi connectivity index (χ2n) is 6.00. The zero-order valence-electron chi connectivity index (χ0n) is 13.8. The number of piperidine rings is 1. The van der Waals surface area contributed by atoms with Crippen molar-refractivity contribution in [2.45, 2.75) is 39.5 Å². The topological polar surface area (TPSA) is 79.4 Å². The van der Waals surface area contributed by atoms with Gasteiger partial charge >= 0.3 is 0 Å². The Morgan fingerprint density at radius 2 is 2.09 bits per heavy atom. The lowest BCUT2D eigenvalue weighted by molar-refractivity contribution is -0.120. The highest BCUT2D eigenvalue weighted by Crippen LogP contribution is 2.22. The first-order valence-corrected chi connectivity index (χ1v) is 9.75. The van der Waals surface area contributed by atoms with Crippen molar-refractivity contribution in [3.8, 4) is 0 Å². The van der Waals surface area contributed by atoms with Crippen LogP contribution in [0, 0.1) is 12.8 Å². The highest BCUT2D eigenvalue weighted by atomic mass is 32.2. The van der Waals surface area contributed by atoms with E-state index in [0.29, 0.717) is 38.2 Å². The molecule has 0 spiro atoms. The van der Waals surface area contributed by atoms with Gasteiger partial charge in [0.1, 0.15) is 5.82 Å². The lowest BCUT2D eigenvalue weighted by Gasteiger charge is -2.30. The summed E-state index contributed by atoms with van der Waals surface area (Å²) >= 11 is 0. The van der Waals surface area contributed by atoms with Crippen molar-refractivity contribution < 1.29 is 13.2 Å². The standard InChI is InChI=1S/C16H25N3O3S/c1-3-4-12-23(21,22)19-10-7-14(8-11-19)16(20)18-15-13(2)6-5-9-17-15/h5-6,9,14H,3-4,7-8,10-12H2,1-2H3,(H,17,18,20). The third-order valence-electron chi connectivity index (χ3n) is 4.23. The van der Waals surface area contributed by atoms with Gasteiger partial charge in [0, 0.05) is 25.2 Å². The van der Waals surface area contributed by atoms with Crippen LogP contribution in [0.25, 0.3) is 0 Å². The molecule has 0 saturated carbocycles. The van der Waals surface area contributed by atoms with E-state index in [9.17, 15) is 13.2 Å². The smallest absolute Gasteiger partial charge is 0.228 e. The Morgan fingerprint density at radius 1 is 1.39 bits per heavy atom. The van der Waals surface area contributed by atoms with Crippen LogP contribution < -0.4 is 5.32 Å². The Balaban J connectivity index is 1.89. The number of carbonyl (C=O) groups excluding carboxylic acids is 1. The van der Waals surface area contributed by atoms with Gasteiger partial charge < -0.3 is 5.32 Å². The van der Waals surface area contributed by atoms with Crippen LogP contribution in [-0.2, 0) is 14.8 Å². The quantitative estimate of drug-likeness (QED) is 0.861. The van der Waals surface area contributed by atoms with Gasteiger partial charge in [0.05, 0.1) is 5.75 Å². The van der Waals surface area contributed by atoms with Gasteiger partial charge in [-0.3, -0.25) is 4.79 Å². The summed E-state index contributed by atoms with van der Waals surface area (Å²) in [4.78, 5) is 16.5. The van der Waals surface area contributed by atoms with E-state index in [1.807, 2.05) is 26.0 Å². The molecule has 1 aromatic rings. The van der Waals surface area contributed by atoms with E-state index in [2.05, 4.69) is 10.3 Å². The van der Waals surface area contributed by atoms with Crippen molar-refractivity contribution in [1.82, 2.24) is 9.29 Å². The number of nitrogens with zero attached hydrogens (tertiary/aromatic N) is 2. The number of amides is 1. The molecule has 2 heterocycles. The molecule has 128 valence electrons. The Bertz CT molecular complexity index is 638. The molecule has 1 aliphatic heterocycles. The number of sulfonamides is 1. The molecule has 1 aromatic heterocycles. The number of unbranched alkanes of at least 4 members (excludes halogenated alkanes) is 1. The minimum atomic E-state index is -3.17. The number of rotatable bonds is 6. The number of hydrogen-bond acceptors (Lipinski definition) is 4. The number of carbonyl (C=O) groups is 1. The van der Waals surface area contributed by atoms with E-state index < -0.39 is 10.0 Å². The monoisotopic (exact) mass is 339 g/mol. The highest BCUT2D eigenvalue weighted by molar-refractivity contribution is 7.89. The summed E-state index contributed by atoms with van der Waals surface area (Å²) in [6.45, 7) is 4.72. The van der Waals surface area contributed by atoms with Crippen LogP contribution in [0.3, 0.4) is 0 Å². The Kier molecular flexibility index (Phi) is 6.12. The molecular formula is C16H25N3O3S. The van der Waals surface area contributed by atoms with E-state index in [1.165, 1.54) is 4.31 Å². The van der Waals surface area contributed by atoms with E-state index in [-0.39, 0.29) is 17.6 Å². The van der Waals surface area contributed by atoms with Crippen LogP contribution in [0.1, 0.15) is 38.2 Å². The number of anilines is 1. The maximum Gasteiger partial charge on any atom is 0.228 e. The van der Waals surface area contributed by atoms with Gasteiger partial charge in [0.2, 0.25) is 15.9 Å². The third-order valence-corrected chi connectivity index (χ3v) is 6.18. The van der Waals surface area contributed by atoms with Gasteiger partial charge in [-0.2, -0.15) is 0 Å². The molecule has 0 aromatic carbocycles. The average molecular weight is 339 g/mol. The molecule has 0 atom stereocenters. The largest absolute Gasteiger partial charge is 0.310 e. The first-order valence-electron chi connectivity index (χ1n) is 8.14. The maximum absolute atomic E-state index is 12.3. The van der Waals surface area contributed by atoms with E-state index in [1.54, 1.807) is 6.20 Å². The van der Waals surface area contributed by atoms with Gasteiger partial charge in [0.25, 0.3) is 0 Å². The molecule has 1 amide bonds. The number of pyridine rings is 1. The van der Waals surface area contributed by atoms with Gasteiger partial charge in [0.15, 0.2) is 0 Å². The van der Waals surface area contributed by atoms with Gasteiger partial charge in [-0.25, -0.2) is 17.7 Å². The van der Waals surface area contributed by atoms with E-state index >= 15 is 0 Å². The number of hydrogen-bond donors (Lipinski definition) is 1. The zero-order valence-corrected chi connectivity index (χ0v) is 14.6. The van der Waals surface area contributed by atoms with Crippen molar-refractivity contribution >= 4 is 21.7 Å². The minimum Gasteiger partial charge on any atom is -0.310 e. The second-order valence-corrected chi connectivity index (χ2v) is 8.09. The number of nitrogens with one attached hydrogen (secondary N) is 1. The molecule has 2 rings (SSSR count). The van der Waals surface area contributed by atoms with Crippen LogP contribution in [0.15, 0.2) is 18.3 Å². The summed E-state index contributed by atoms with van der Waals surface area (Å²) in [5.74, 6) is 0.551. The molecule has 0 bridgehead atoms. The zero-order chi connectivity index (χ0) is 16.9. The van der Waals surface area contributed by atoms with Crippen molar-refractivity contribution in [3.63, 3.8) is 0 Å². The van der Waals surface area contributed by atoms with Gasteiger partial charge in [-0.1, -0.05) is 19.4 Å². The van der Waals surface area contributed by atoms with Crippen LogP contribution in [0.5, 0.6) is 0 Å². The molecule has 1 N–H and O–H groups in total. The summed E-state index contributed by atoms with van der Waals surface area (Å²) in [6.07, 6.45) is 4.31.